The summed E-state index contributed by atoms with van der Waals surface area (Å²) < 4.78 is 7.32. The average Bonchev–Trinajstić information content (AvgIpc) is 3.28. The highest BCUT2D eigenvalue weighted by Gasteiger charge is 2.17. The van der Waals surface area contributed by atoms with Crippen molar-refractivity contribution in [1.82, 2.24) is 29.5 Å². The van der Waals surface area contributed by atoms with E-state index in [0.29, 0.717) is 23.9 Å². The summed E-state index contributed by atoms with van der Waals surface area (Å²) in [7, 11) is 0. The number of imidazole rings is 1. The minimum atomic E-state index is -0.466. The molecule has 0 bridgehead atoms. The lowest BCUT2D eigenvalue weighted by Crippen LogP contribution is -2.12. The van der Waals surface area contributed by atoms with Crippen LogP contribution in [0.15, 0.2) is 51.6 Å². The summed E-state index contributed by atoms with van der Waals surface area (Å²) >= 11 is 0. The first-order valence-electron chi connectivity index (χ1n) is 8.30. The van der Waals surface area contributed by atoms with Gasteiger partial charge in [0.1, 0.15) is 5.82 Å². The zero-order valence-corrected chi connectivity index (χ0v) is 14.7. The first-order chi connectivity index (χ1) is 13.2. The summed E-state index contributed by atoms with van der Waals surface area (Å²) in [5.41, 5.74) is 1.17. The molecule has 4 aromatic rings. The second kappa shape index (κ2) is 6.83. The van der Waals surface area contributed by atoms with Gasteiger partial charge in [-0.2, -0.15) is 4.98 Å². The maximum atomic E-state index is 12.5. The summed E-state index contributed by atoms with van der Waals surface area (Å²) in [5, 5.41) is 14.4. The van der Waals surface area contributed by atoms with E-state index in [-0.39, 0.29) is 17.5 Å². The number of ether oxygens (including phenoxy) is 1. The van der Waals surface area contributed by atoms with Gasteiger partial charge in [0.15, 0.2) is 0 Å². The van der Waals surface area contributed by atoms with E-state index in [1.807, 2.05) is 37.3 Å². The van der Waals surface area contributed by atoms with E-state index < -0.39 is 5.56 Å². The van der Waals surface area contributed by atoms with Crippen molar-refractivity contribution >= 4 is 17.4 Å². The van der Waals surface area contributed by atoms with Crippen LogP contribution >= 0.6 is 0 Å². The average molecular weight is 364 g/mol. The number of nitrogens with zero attached hydrogens (tertiary/aromatic N) is 6. The quantitative estimate of drug-likeness (QED) is 0.527. The molecule has 0 aliphatic heterocycles. The number of azo groups is 1. The Morgan fingerprint density at radius 1 is 1.19 bits per heavy atom. The van der Waals surface area contributed by atoms with Gasteiger partial charge in [0.05, 0.1) is 12.3 Å². The molecular formula is C17H16N8O2. The Morgan fingerprint density at radius 2 is 2.00 bits per heavy atom. The first kappa shape index (κ1) is 16.6. The molecule has 10 heteroatoms. The maximum absolute atomic E-state index is 12.5. The zero-order chi connectivity index (χ0) is 18.8. The van der Waals surface area contributed by atoms with E-state index in [1.165, 1.54) is 0 Å². The van der Waals surface area contributed by atoms with Crippen molar-refractivity contribution < 1.29 is 4.74 Å². The molecule has 0 aliphatic carbocycles. The van der Waals surface area contributed by atoms with Gasteiger partial charge in [-0.05, 0) is 13.8 Å². The maximum Gasteiger partial charge on any atom is 0.287 e. The van der Waals surface area contributed by atoms with Crippen LogP contribution in [0.1, 0.15) is 12.7 Å². The SMILES string of the molecule is CCOc1c(N=Nc2n[nH]c(C)n2)c(=O)[nH]c2nc(-c3ccccc3)cn12. The van der Waals surface area contributed by atoms with Gasteiger partial charge in [-0.3, -0.25) is 19.3 Å². The molecule has 0 fully saturated rings. The highest BCUT2D eigenvalue weighted by atomic mass is 16.5. The lowest BCUT2D eigenvalue weighted by atomic mass is 10.2. The number of fused-ring (bicyclic) bond motifs is 1. The lowest BCUT2D eigenvalue weighted by Gasteiger charge is -2.07. The summed E-state index contributed by atoms with van der Waals surface area (Å²) in [6.45, 7) is 3.91. The molecule has 27 heavy (non-hydrogen) atoms. The van der Waals surface area contributed by atoms with E-state index in [9.17, 15) is 4.79 Å². The Kier molecular flexibility index (Phi) is 4.21. The monoisotopic (exact) mass is 364 g/mol. The topological polar surface area (TPSA) is 126 Å². The number of hydrogen-bond donors (Lipinski definition) is 2. The Bertz CT molecular complexity index is 1170. The minimum absolute atomic E-state index is 0.0174. The predicted octanol–water partition coefficient (Wildman–Crippen LogP) is 2.93. The first-order valence-corrected chi connectivity index (χ1v) is 8.30. The third kappa shape index (κ3) is 3.19. The highest BCUT2D eigenvalue weighted by Crippen LogP contribution is 2.28. The van der Waals surface area contributed by atoms with Crippen LogP contribution in [-0.2, 0) is 0 Å². The van der Waals surface area contributed by atoms with E-state index in [2.05, 4.69) is 35.4 Å². The Morgan fingerprint density at radius 3 is 2.70 bits per heavy atom. The molecule has 0 spiro atoms. The number of hydrogen-bond acceptors (Lipinski definition) is 7. The highest BCUT2D eigenvalue weighted by molar-refractivity contribution is 5.63. The van der Waals surface area contributed by atoms with Crippen molar-refractivity contribution in [3.05, 3.63) is 52.7 Å². The molecule has 136 valence electrons. The smallest absolute Gasteiger partial charge is 0.287 e. The molecule has 3 aromatic heterocycles. The number of benzene rings is 1. The molecule has 0 saturated carbocycles. The Hall–Kier alpha value is -3.82. The van der Waals surface area contributed by atoms with Gasteiger partial charge >= 0.3 is 0 Å². The van der Waals surface area contributed by atoms with Crippen LogP contribution in [0.2, 0.25) is 0 Å². The van der Waals surface area contributed by atoms with Crippen LogP contribution in [0.25, 0.3) is 17.0 Å². The van der Waals surface area contributed by atoms with Crippen LogP contribution in [0, 0.1) is 6.92 Å². The number of aromatic amines is 2. The Balaban J connectivity index is 1.85. The molecule has 0 unspecified atom stereocenters. The third-order valence-corrected chi connectivity index (χ3v) is 3.74. The molecule has 2 N–H and O–H groups in total. The number of rotatable bonds is 5. The van der Waals surface area contributed by atoms with Crippen LogP contribution in [-0.4, -0.2) is 36.2 Å². The Labute approximate surface area is 153 Å². The van der Waals surface area contributed by atoms with E-state index in [1.54, 1.807) is 17.5 Å². The molecule has 1 aromatic carbocycles. The van der Waals surface area contributed by atoms with Crippen LogP contribution < -0.4 is 10.3 Å². The van der Waals surface area contributed by atoms with Crippen LogP contribution in [0.4, 0.5) is 11.6 Å². The van der Waals surface area contributed by atoms with E-state index in [0.717, 1.165) is 5.56 Å². The van der Waals surface area contributed by atoms with Crippen molar-refractivity contribution in [1.29, 1.82) is 0 Å². The molecule has 0 aliphatic rings. The molecular weight excluding hydrogens is 348 g/mol. The molecule has 10 nitrogen and oxygen atoms in total. The van der Waals surface area contributed by atoms with E-state index >= 15 is 0 Å². The van der Waals surface area contributed by atoms with Gasteiger partial charge in [-0.1, -0.05) is 30.3 Å². The van der Waals surface area contributed by atoms with Crippen molar-refractivity contribution in [3.63, 3.8) is 0 Å². The fourth-order valence-electron chi connectivity index (χ4n) is 2.58. The molecule has 0 saturated heterocycles. The normalized spacial score (nSPS) is 11.5. The number of aryl methyl sites for hydroxylation is 1. The molecule has 0 atom stereocenters. The summed E-state index contributed by atoms with van der Waals surface area (Å²) in [6, 6.07) is 9.64. The van der Waals surface area contributed by atoms with Crippen molar-refractivity contribution in [3.8, 4) is 17.1 Å². The lowest BCUT2D eigenvalue weighted by molar-refractivity contribution is 0.323. The second-order valence-electron chi connectivity index (χ2n) is 5.65. The number of aromatic nitrogens is 6. The van der Waals surface area contributed by atoms with Crippen LogP contribution in [0.3, 0.4) is 0 Å². The molecule has 0 radical (unpaired) electrons. The summed E-state index contributed by atoms with van der Waals surface area (Å²) in [6.07, 6.45) is 1.78. The fourth-order valence-corrected chi connectivity index (χ4v) is 2.58. The van der Waals surface area contributed by atoms with Gasteiger partial charge in [-0.25, -0.2) is 4.98 Å². The van der Waals surface area contributed by atoms with Gasteiger partial charge < -0.3 is 4.74 Å². The van der Waals surface area contributed by atoms with Gasteiger partial charge in [0, 0.05) is 11.8 Å². The molecule has 0 amide bonds. The van der Waals surface area contributed by atoms with Gasteiger partial charge in [0.25, 0.3) is 11.5 Å². The van der Waals surface area contributed by atoms with Gasteiger partial charge in [0.2, 0.25) is 17.3 Å². The van der Waals surface area contributed by atoms with Crippen molar-refractivity contribution in [2.24, 2.45) is 10.2 Å². The fraction of sp³-hybridized carbons (Fsp3) is 0.176. The molecule has 3 heterocycles. The zero-order valence-electron chi connectivity index (χ0n) is 14.7. The second-order valence-corrected chi connectivity index (χ2v) is 5.65. The predicted molar refractivity (Wildman–Crippen MR) is 97.7 cm³/mol. The summed E-state index contributed by atoms with van der Waals surface area (Å²) in [4.78, 5) is 23.7. The molecule has 4 rings (SSSR count). The van der Waals surface area contributed by atoms with Gasteiger partial charge in [-0.15, -0.1) is 15.3 Å². The summed E-state index contributed by atoms with van der Waals surface area (Å²) in [5.74, 6) is 1.34. The standard InChI is InChI=1S/C17H16N8O2/c1-3-27-15-13(22-24-16-18-10(2)21-23-16)14(26)20-17-19-12(9-25(15)17)11-7-5-4-6-8-11/h4-9H,3H2,1-2H3,(H,18,21,23)(H,19,20,26). The third-order valence-electron chi connectivity index (χ3n) is 3.74. The largest absolute Gasteiger partial charge is 0.477 e. The van der Waals surface area contributed by atoms with E-state index in [4.69, 9.17) is 4.74 Å². The minimum Gasteiger partial charge on any atom is -0.477 e. The number of H-pyrrole nitrogens is 2. The number of nitrogens with one attached hydrogen (secondary N) is 2. The van der Waals surface area contributed by atoms with Crippen LogP contribution in [0.5, 0.6) is 5.88 Å². The van der Waals surface area contributed by atoms with Crippen molar-refractivity contribution in [2.75, 3.05) is 6.61 Å². The van der Waals surface area contributed by atoms with Crippen molar-refractivity contribution in [2.45, 2.75) is 13.8 Å².